The number of aliphatic hydroxyl groups is 1. The van der Waals surface area contributed by atoms with Crippen molar-refractivity contribution >= 4 is 5.97 Å². The summed E-state index contributed by atoms with van der Waals surface area (Å²) in [4.78, 5) is 10.3. The van der Waals surface area contributed by atoms with Crippen LogP contribution in [0.1, 0.15) is 10.4 Å². The first kappa shape index (κ1) is 15.5. The van der Waals surface area contributed by atoms with Gasteiger partial charge in [-0.05, 0) is 24.3 Å². The van der Waals surface area contributed by atoms with Crippen molar-refractivity contribution in [3.8, 4) is 11.5 Å². The highest BCUT2D eigenvalue weighted by atomic mass is 16.5. The molecule has 0 aromatic heterocycles. The maximum atomic E-state index is 10.3. The SMILES string of the molecule is O=C(O)c1ccccc1O.OCCOc1ccccc1. The molecule has 2 rings (SSSR count). The molecule has 5 heteroatoms. The highest BCUT2D eigenvalue weighted by Gasteiger charge is 2.05. The molecule has 0 spiro atoms. The summed E-state index contributed by atoms with van der Waals surface area (Å²) in [6.45, 7) is 0.429. The molecule has 0 fully saturated rings. The van der Waals surface area contributed by atoms with Crippen molar-refractivity contribution in [3.05, 3.63) is 60.2 Å². The van der Waals surface area contributed by atoms with E-state index in [9.17, 15) is 4.79 Å². The van der Waals surface area contributed by atoms with Gasteiger partial charge in [-0.15, -0.1) is 0 Å². The van der Waals surface area contributed by atoms with E-state index in [0.29, 0.717) is 6.61 Å². The van der Waals surface area contributed by atoms with Crippen molar-refractivity contribution in [3.63, 3.8) is 0 Å². The quantitative estimate of drug-likeness (QED) is 0.796. The molecule has 0 bridgehead atoms. The lowest BCUT2D eigenvalue weighted by Crippen LogP contribution is -2.00. The summed E-state index contributed by atoms with van der Waals surface area (Å²) in [7, 11) is 0. The number of aromatic carboxylic acids is 1. The number of carbonyl (C=O) groups is 1. The van der Waals surface area contributed by atoms with E-state index < -0.39 is 5.97 Å². The average molecular weight is 276 g/mol. The van der Waals surface area contributed by atoms with E-state index in [0.717, 1.165) is 5.75 Å². The zero-order valence-corrected chi connectivity index (χ0v) is 10.8. The minimum atomic E-state index is -1.11. The van der Waals surface area contributed by atoms with Gasteiger partial charge in [0.15, 0.2) is 0 Å². The summed E-state index contributed by atoms with van der Waals surface area (Å²) in [6, 6.07) is 15.2. The van der Waals surface area contributed by atoms with Crippen LogP contribution in [0.5, 0.6) is 11.5 Å². The van der Waals surface area contributed by atoms with Crippen LogP contribution in [0.4, 0.5) is 0 Å². The fourth-order valence-electron chi connectivity index (χ4n) is 1.33. The van der Waals surface area contributed by atoms with E-state index in [1.807, 2.05) is 30.3 Å². The zero-order valence-electron chi connectivity index (χ0n) is 10.8. The normalized spacial score (nSPS) is 9.25. The summed E-state index contributed by atoms with van der Waals surface area (Å²) >= 11 is 0. The first-order valence-electron chi connectivity index (χ1n) is 5.95. The van der Waals surface area contributed by atoms with Crippen LogP contribution in [0.15, 0.2) is 54.6 Å². The molecule has 0 unspecified atom stereocenters. The van der Waals surface area contributed by atoms with Crippen molar-refractivity contribution in [2.24, 2.45) is 0 Å². The van der Waals surface area contributed by atoms with Crippen LogP contribution in [0.25, 0.3) is 0 Å². The van der Waals surface area contributed by atoms with Crippen LogP contribution in [0, 0.1) is 0 Å². The van der Waals surface area contributed by atoms with Crippen molar-refractivity contribution in [1.29, 1.82) is 0 Å². The number of benzene rings is 2. The van der Waals surface area contributed by atoms with Crippen molar-refractivity contribution in [1.82, 2.24) is 0 Å². The molecule has 0 aliphatic carbocycles. The number of hydrogen-bond donors (Lipinski definition) is 3. The van der Waals surface area contributed by atoms with Crippen LogP contribution in [0.2, 0.25) is 0 Å². The third kappa shape index (κ3) is 5.41. The van der Waals surface area contributed by atoms with Crippen LogP contribution >= 0.6 is 0 Å². The number of aliphatic hydroxyl groups excluding tert-OH is 1. The van der Waals surface area contributed by atoms with Crippen LogP contribution < -0.4 is 4.74 Å². The standard InChI is InChI=1S/C8H10O2.C7H6O3/c9-6-7-10-8-4-2-1-3-5-8;8-6-4-2-1-3-5(6)7(9)10/h1-5,9H,6-7H2;1-4,8H,(H,9,10). The maximum Gasteiger partial charge on any atom is 0.339 e. The van der Waals surface area contributed by atoms with E-state index >= 15 is 0 Å². The molecule has 0 radical (unpaired) electrons. The molecule has 0 heterocycles. The summed E-state index contributed by atoms with van der Waals surface area (Å²) in [5.41, 5.74) is -0.0671. The molecule has 2 aromatic rings. The van der Waals surface area contributed by atoms with Gasteiger partial charge >= 0.3 is 5.97 Å². The Bertz CT molecular complexity index is 525. The molecule has 106 valence electrons. The van der Waals surface area contributed by atoms with Gasteiger partial charge < -0.3 is 20.1 Å². The first-order chi connectivity index (χ1) is 9.65. The molecule has 0 aliphatic heterocycles. The topological polar surface area (TPSA) is 87.0 Å². The Balaban J connectivity index is 0.000000200. The van der Waals surface area contributed by atoms with Gasteiger partial charge in [0.25, 0.3) is 0 Å². The molecular formula is C15H16O5. The van der Waals surface area contributed by atoms with Crippen LogP contribution in [0.3, 0.4) is 0 Å². The lowest BCUT2D eigenvalue weighted by atomic mass is 10.2. The minimum absolute atomic E-state index is 0.0644. The summed E-state index contributed by atoms with van der Waals surface area (Å²) in [5, 5.41) is 25.7. The van der Waals surface area contributed by atoms with Gasteiger partial charge in [0.1, 0.15) is 23.7 Å². The molecule has 2 aromatic carbocycles. The number of aromatic hydroxyl groups is 1. The number of rotatable bonds is 4. The Labute approximate surface area is 116 Å². The molecule has 0 atom stereocenters. The van der Waals surface area contributed by atoms with Gasteiger partial charge in [-0.25, -0.2) is 4.79 Å². The number of carboxylic acids is 1. The van der Waals surface area contributed by atoms with E-state index in [2.05, 4.69) is 0 Å². The smallest absolute Gasteiger partial charge is 0.339 e. The predicted octanol–water partition coefficient (Wildman–Crippen LogP) is 2.15. The monoisotopic (exact) mass is 276 g/mol. The third-order valence-electron chi connectivity index (χ3n) is 2.24. The molecular weight excluding hydrogens is 260 g/mol. The second-order valence-corrected chi connectivity index (χ2v) is 3.71. The van der Waals surface area contributed by atoms with Crippen molar-refractivity contribution in [2.45, 2.75) is 0 Å². The minimum Gasteiger partial charge on any atom is -0.507 e. The van der Waals surface area contributed by atoms with Crippen LogP contribution in [-0.4, -0.2) is 34.5 Å². The fourth-order valence-corrected chi connectivity index (χ4v) is 1.33. The van der Waals surface area contributed by atoms with Gasteiger partial charge in [0.2, 0.25) is 0 Å². The Morgan fingerprint density at radius 2 is 1.60 bits per heavy atom. The molecule has 0 amide bonds. The molecule has 0 aliphatic rings. The van der Waals surface area contributed by atoms with E-state index in [-0.39, 0.29) is 17.9 Å². The van der Waals surface area contributed by atoms with E-state index in [4.69, 9.17) is 20.1 Å². The number of hydrogen-bond acceptors (Lipinski definition) is 4. The Morgan fingerprint density at radius 3 is 2.10 bits per heavy atom. The predicted molar refractivity (Wildman–Crippen MR) is 74.1 cm³/mol. The molecule has 5 nitrogen and oxygen atoms in total. The van der Waals surface area contributed by atoms with Crippen molar-refractivity contribution in [2.75, 3.05) is 13.2 Å². The van der Waals surface area contributed by atoms with Gasteiger partial charge in [0, 0.05) is 0 Å². The van der Waals surface area contributed by atoms with E-state index in [1.54, 1.807) is 12.1 Å². The fraction of sp³-hybridized carbons (Fsp3) is 0.133. The lowest BCUT2D eigenvalue weighted by molar-refractivity contribution is 0.0693. The molecule has 0 saturated carbocycles. The summed E-state index contributed by atoms with van der Waals surface area (Å²) < 4.78 is 5.11. The van der Waals surface area contributed by atoms with Crippen LogP contribution in [-0.2, 0) is 0 Å². The first-order valence-corrected chi connectivity index (χ1v) is 5.95. The lowest BCUT2D eigenvalue weighted by Gasteiger charge is -2.01. The summed E-state index contributed by atoms with van der Waals surface area (Å²) in [5.74, 6) is -0.510. The van der Waals surface area contributed by atoms with Gasteiger partial charge in [-0.2, -0.15) is 0 Å². The highest BCUT2D eigenvalue weighted by Crippen LogP contribution is 2.14. The molecule has 0 saturated heterocycles. The van der Waals surface area contributed by atoms with E-state index in [1.165, 1.54) is 12.1 Å². The van der Waals surface area contributed by atoms with Gasteiger partial charge in [-0.3, -0.25) is 0 Å². The zero-order chi connectivity index (χ0) is 14.8. The van der Waals surface area contributed by atoms with Crippen molar-refractivity contribution < 1.29 is 24.9 Å². The largest absolute Gasteiger partial charge is 0.507 e. The molecule has 3 N–H and O–H groups in total. The number of phenols is 1. The summed E-state index contributed by atoms with van der Waals surface area (Å²) in [6.07, 6.45) is 0. The Morgan fingerprint density at radius 1 is 1.00 bits per heavy atom. The average Bonchev–Trinajstić information content (AvgIpc) is 2.47. The number of carboxylic acid groups (broad SMARTS) is 1. The molecule has 20 heavy (non-hydrogen) atoms. The number of para-hydroxylation sites is 2. The van der Waals surface area contributed by atoms with Gasteiger partial charge in [-0.1, -0.05) is 30.3 Å². The maximum absolute atomic E-state index is 10.3. The Kier molecular flexibility index (Phi) is 6.64. The number of ether oxygens (including phenoxy) is 1. The third-order valence-corrected chi connectivity index (χ3v) is 2.24. The highest BCUT2D eigenvalue weighted by molar-refractivity contribution is 5.90. The second kappa shape index (κ2) is 8.55. The Hall–Kier alpha value is -2.53. The van der Waals surface area contributed by atoms with Gasteiger partial charge in [0.05, 0.1) is 6.61 Å². The second-order valence-electron chi connectivity index (χ2n) is 3.71.